The smallest absolute Gasteiger partial charge is 0.340 e. The molecule has 0 aliphatic heterocycles. The van der Waals surface area contributed by atoms with Gasteiger partial charge in [-0.1, -0.05) is 40.9 Å². The Kier molecular flexibility index (Phi) is 9.08. The van der Waals surface area contributed by atoms with E-state index in [0.717, 1.165) is 6.07 Å². The summed E-state index contributed by atoms with van der Waals surface area (Å²) in [5, 5.41) is 6.05. The summed E-state index contributed by atoms with van der Waals surface area (Å²) in [4.78, 5) is 25.3. The maximum atomic E-state index is 13.2. The highest BCUT2D eigenvalue weighted by atomic mass is 35.5. The lowest BCUT2D eigenvalue weighted by Gasteiger charge is -2.16. The zero-order valence-electron chi connectivity index (χ0n) is 19.2. The number of hydrogen-bond donors (Lipinski definition) is 3. The third-order valence-electron chi connectivity index (χ3n) is 4.82. The van der Waals surface area contributed by atoms with Crippen LogP contribution in [0.15, 0.2) is 59.5 Å². The number of carbonyl (C=O) groups is 2. The molecule has 0 aliphatic carbocycles. The Balaban J connectivity index is 1.97. The largest absolute Gasteiger partial charge is 0.462 e. The van der Waals surface area contributed by atoms with Gasteiger partial charge in [0.25, 0.3) is 15.9 Å². The second kappa shape index (κ2) is 11.8. The molecule has 0 aliphatic rings. The molecular formula is C24H22Cl3N3O5S. The molecule has 12 heteroatoms. The highest BCUT2D eigenvalue weighted by molar-refractivity contribution is 7.92. The van der Waals surface area contributed by atoms with E-state index in [2.05, 4.69) is 15.4 Å². The molecule has 0 saturated carbocycles. The molecule has 8 nitrogen and oxygen atoms in total. The van der Waals surface area contributed by atoms with E-state index in [0.29, 0.717) is 12.2 Å². The first-order valence-corrected chi connectivity index (χ1v) is 13.3. The first kappa shape index (κ1) is 27.6. The lowest BCUT2D eigenvalue weighted by Crippen LogP contribution is -2.19. The number of esters is 1. The van der Waals surface area contributed by atoms with Gasteiger partial charge in [-0.25, -0.2) is 13.2 Å². The number of ether oxygens (including phenoxy) is 1. The Morgan fingerprint density at radius 1 is 0.917 bits per heavy atom. The molecule has 3 rings (SSSR count). The van der Waals surface area contributed by atoms with Gasteiger partial charge in [0.2, 0.25) is 0 Å². The van der Waals surface area contributed by atoms with Crippen LogP contribution < -0.4 is 15.4 Å². The van der Waals surface area contributed by atoms with E-state index in [1.165, 1.54) is 36.4 Å². The second-order valence-electron chi connectivity index (χ2n) is 7.31. The van der Waals surface area contributed by atoms with Crippen LogP contribution in [-0.4, -0.2) is 33.4 Å². The molecule has 0 unspecified atom stereocenters. The predicted molar refractivity (Wildman–Crippen MR) is 143 cm³/mol. The van der Waals surface area contributed by atoms with Crippen molar-refractivity contribution >= 4 is 73.8 Å². The minimum atomic E-state index is -4.25. The normalized spacial score (nSPS) is 11.0. The molecule has 36 heavy (non-hydrogen) atoms. The molecule has 0 heterocycles. The van der Waals surface area contributed by atoms with Gasteiger partial charge in [-0.05, 0) is 62.4 Å². The summed E-state index contributed by atoms with van der Waals surface area (Å²) >= 11 is 18.2. The minimum absolute atomic E-state index is 0.0157. The summed E-state index contributed by atoms with van der Waals surface area (Å²) in [5.41, 5.74) is 0.871. The molecule has 0 saturated heterocycles. The summed E-state index contributed by atoms with van der Waals surface area (Å²) in [6.45, 7) is 4.21. The van der Waals surface area contributed by atoms with E-state index in [1.807, 2.05) is 6.92 Å². The van der Waals surface area contributed by atoms with Gasteiger partial charge in [-0.15, -0.1) is 0 Å². The van der Waals surface area contributed by atoms with Gasteiger partial charge in [0.1, 0.15) is 4.90 Å². The van der Waals surface area contributed by atoms with Crippen LogP contribution in [0.2, 0.25) is 15.1 Å². The summed E-state index contributed by atoms with van der Waals surface area (Å²) in [6.07, 6.45) is 0. The summed E-state index contributed by atoms with van der Waals surface area (Å²) in [6, 6.07) is 12.9. The molecule has 0 atom stereocenters. The number of nitrogens with one attached hydrogen (secondary N) is 3. The van der Waals surface area contributed by atoms with E-state index in [-0.39, 0.29) is 49.1 Å². The SMILES string of the molecule is CCNc1cccc(C(=O)OCC)c1NC(=O)c1ccc(Cl)c(S(=O)(=O)Nc2cc(Cl)ccc2Cl)c1. The maximum Gasteiger partial charge on any atom is 0.340 e. The van der Waals surface area contributed by atoms with Gasteiger partial charge in [-0.2, -0.15) is 0 Å². The standard InChI is InChI=1S/C24H22Cl3N3O5S/c1-3-28-19-7-5-6-16(24(32)35-4-2)22(19)29-23(31)14-8-10-18(27)21(12-14)36(33,34)30-20-13-15(25)9-11-17(20)26/h5-13,28,30H,3-4H2,1-2H3,(H,29,31). The van der Waals surface area contributed by atoms with Gasteiger partial charge in [-0.3, -0.25) is 9.52 Å². The van der Waals surface area contributed by atoms with E-state index in [9.17, 15) is 18.0 Å². The van der Waals surface area contributed by atoms with Crippen molar-refractivity contribution in [1.29, 1.82) is 0 Å². The van der Waals surface area contributed by atoms with Crippen molar-refractivity contribution in [2.75, 3.05) is 28.5 Å². The number of para-hydroxylation sites is 1. The summed E-state index contributed by atoms with van der Waals surface area (Å²) in [7, 11) is -4.25. The molecule has 3 aromatic carbocycles. The fourth-order valence-corrected chi connectivity index (χ4v) is 5.21. The van der Waals surface area contributed by atoms with Crippen LogP contribution in [0.3, 0.4) is 0 Å². The van der Waals surface area contributed by atoms with Crippen LogP contribution in [0.5, 0.6) is 0 Å². The fraction of sp³-hybridized carbons (Fsp3) is 0.167. The molecule has 0 bridgehead atoms. The van der Waals surface area contributed by atoms with Crippen LogP contribution in [0, 0.1) is 0 Å². The summed E-state index contributed by atoms with van der Waals surface area (Å²) in [5.74, 6) is -1.28. The number of sulfonamides is 1. The van der Waals surface area contributed by atoms with Crippen LogP contribution in [-0.2, 0) is 14.8 Å². The van der Waals surface area contributed by atoms with Gasteiger partial charge in [0.05, 0.1) is 39.3 Å². The van der Waals surface area contributed by atoms with Crippen molar-refractivity contribution in [3.63, 3.8) is 0 Å². The van der Waals surface area contributed by atoms with E-state index in [4.69, 9.17) is 39.5 Å². The van der Waals surface area contributed by atoms with Crippen molar-refractivity contribution < 1.29 is 22.7 Å². The van der Waals surface area contributed by atoms with Gasteiger partial charge in [0, 0.05) is 17.1 Å². The lowest BCUT2D eigenvalue weighted by molar-refractivity contribution is 0.0527. The van der Waals surface area contributed by atoms with Crippen LogP contribution in [0.4, 0.5) is 17.1 Å². The number of benzene rings is 3. The molecule has 3 aromatic rings. The van der Waals surface area contributed by atoms with Crippen molar-refractivity contribution in [1.82, 2.24) is 0 Å². The number of halogens is 3. The number of anilines is 3. The Hall–Kier alpha value is -2.98. The van der Waals surface area contributed by atoms with Crippen molar-refractivity contribution in [2.45, 2.75) is 18.7 Å². The molecule has 190 valence electrons. The minimum Gasteiger partial charge on any atom is -0.462 e. The average Bonchev–Trinajstić information content (AvgIpc) is 2.82. The third-order valence-corrected chi connectivity index (χ3v) is 7.23. The molecule has 1 amide bonds. The van der Waals surface area contributed by atoms with Gasteiger partial charge in [0.15, 0.2) is 0 Å². The Morgan fingerprint density at radius 3 is 2.33 bits per heavy atom. The zero-order valence-corrected chi connectivity index (χ0v) is 22.3. The van der Waals surface area contributed by atoms with Crippen molar-refractivity contribution in [2.24, 2.45) is 0 Å². The first-order valence-electron chi connectivity index (χ1n) is 10.7. The topological polar surface area (TPSA) is 114 Å². The van der Waals surface area contributed by atoms with E-state index < -0.39 is 21.9 Å². The van der Waals surface area contributed by atoms with Crippen molar-refractivity contribution in [3.8, 4) is 0 Å². The molecule has 0 aromatic heterocycles. The van der Waals surface area contributed by atoms with Gasteiger partial charge < -0.3 is 15.4 Å². The summed E-state index contributed by atoms with van der Waals surface area (Å²) < 4.78 is 33.6. The molecule has 0 fully saturated rings. The highest BCUT2D eigenvalue weighted by Gasteiger charge is 2.23. The van der Waals surface area contributed by atoms with Crippen molar-refractivity contribution in [3.05, 3.63) is 80.8 Å². The highest BCUT2D eigenvalue weighted by Crippen LogP contribution is 2.31. The van der Waals surface area contributed by atoms with Crippen LogP contribution in [0.1, 0.15) is 34.6 Å². The monoisotopic (exact) mass is 569 g/mol. The maximum absolute atomic E-state index is 13.2. The molecule has 3 N–H and O–H groups in total. The first-order chi connectivity index (χ1) is 17.1. The number of amides is 1. The van der Waals surface area contributed by atoms with Crippen LogP contribution in [0.25, 0.3) is 0 Å². The predicted octanol–water partition coefficient (Wildman–Crippen LogP) is 6.31. The Bertz CT molecular complexity index is 1410. The number of rotatable bonds is 9. The van der Waals surface area contributed by atoms with E-state index >= 15 is 0 Å². The Morgan fingerprint density at radius 2 is 1.64 bits per heavy atom. The number of hydrogen-bond acceptors (Lipinski definition) is 6. The molecular weight excluding hydrogens is 549 g/mol. The van der Waals surface area contributed by atoms with Crippen LogP contribution >= 0.6 is 34.8 Å². The Labute approximate surface area is 223 Å². The quantitative estimate of drug-likeness (QED) is 0.260. The van der Waals surface area contributed by atoms with E-state index in [1.54, 1.807) is 19.1 Å². The number of carbonyl (C=O) groups excluding carboxylic acids is 2. The third kappa shape index (κ3) is 6.41. The molecule has 0 radical (unpaired) electrons. The fourth-order valence-electron chi connectivity index (χ4n) is 3.22. The zero-order chi connectivity index (χ0) is 26.5. The van der Waals surface area contributed by atoms with Gasteiger partial charge >= 0.3 is 5.97 Å². The average molecular weight is 571 g/mol. The lowest BCUT2D eigenvalue weighted by atomic mass is 10.1. The molecule has 0 spiro atoms. The second-order valence-corrected chi connectivity index (χ2v) is 10.2.